The first-order valence-electron chi connectivity index (χ1n) is 14.2. The molecule has 0 aliphatic rings. The summed E-state index contributed by atoms with van der Waals surface area (Å²) in [5.41, 5.74) is 2.19. The number of rotatable bonds is 14. The molecule has 0 fully saturated rings. The zero-order valence-electron chi connectivity index (χ0n) is 23.5. The van der Waals surface area contributed by atoms with Crippen LogP contribution in [0.1, 0.15) is 54.9 Å². The molecule has 0 aromatic heterocycles. The van der Waals surface area contributed by atoms with Gasteiger partial charge in [-0.1, -0.05) is 68.7 Å². The molecule has 224 valence electrons. The summed E-state index contributed by atoms with van der Waals surface area (Å²) in [5.74, 6) is -1.31. The molecular weight excluding hydrogens is 554 g/mol. The first-order chi connectivity index (χ1) is 20.1. The predicted molar refractivity (Wildman–Crippen MR) is 153 cm³/mol. The van der Waals surface area contributed by atoms with Crippen LogP contribution in [0.2, 0.25) is 0 Å². The van der Waals surface area contributed by atoms with Gasteiger partial charge in [0, 0.05) is 23.1 Å². The Labute approximate surface area is 242 Å². The third-order valence-electron chi connectivity index (χ3n) is 7.15. The SMILES string of the molecule is CCCCCCOc1cc(F)c(CCc2ccc3c(F)c(CCc4ccc(OCC(F)(F)F)cc4)ccc3c2)c(F)c1. The first kappa shape index (κ1) is 31.3. The molecule has 0 bridgehead atoms. The number of ether oxygens (including phenoxy) is 2. The number of benzene rings is 4. The van der Waals surface area contributed by atoms with Crippen molar-refractivity contribution in [3.8, 4) is 11.5 Å². The molecule has 0 aliphatic carbocycles. The van der Waals surface area contributed by atoms with Gasteiger partial charge in [0.05, 0.1) is 6.61 Å². The van der Waals surface area contributed by atoms with Crippen LogP contribution in [-0.2, 0) is 25.7 Å². The highest BCUT2D eigenvalue weighted by Crippen LogP contribution is 2.27. The van der Waals surface area contributed by atoms with Crippen LogP contribution in [0.5, 0.6) is 11.5 Å². The molecule has 0 atom stereocenters. The zero-order valence-corrected chi connectivity index (χ0v) is 23.5. The van der Waals surface area contributed by atoms with E-state index in [0.717, 1.165) is 36.8 Å². The summed E-state index contributed by atoms with van der Waals surface area (Å²) in [7, 11) is 0. The number of hydrogen-bond donors (Lipinski definition) is 0. The molecule has 0 saturated heterocycles. The highest BCUT2D eigenvalue weighted by atomic mass is 19.4. The van der Waals surface area contributed by atoms with E-state index in [4.69, 9.17) is 9.47 Å². The second-order valence-corrected chi connectivity index (χ2v) is 10.4. The number of aryl methyl sites for hydroxylation is 3. The monoisotopic (exact) mass is 588 g/mol. The van der Waals surface area contributed by atoms with Gasteiger partial charge < -0.3 is 9.47 Å². The zero-order chi connectivity index (χ0) is 30.1. The topological polar surface area (TPSA) is 18.5 Å². The number of hydrogen-bond acceptors (Lipinski definition) is 2. The Morgan fingerprint density at radius 1 is 0.643 bits per heavy atom. The smallest absolute Gasteiger partial charge is 0.422 e. The summed E-state index contributed by atoms with van der Waals surface area (Å²) in [4.78, 5) is 0. The van der Waals surface area contributed by atoms with Crippen LogP contribution in [0, 0.1) is 17.5 Å². The van der Waals surface area contributed by atoms with Gasteiger partial charge in [-0.25, -0.2) is 13.2 Å². The van der Waals surface area contributed by atoms with Gasteiger partial charge in [0.2, 0.25) is 0 Å². The fourth-order valence-electron chi connectivity index (χ4n) is 4.82. The molecule has 0 unspecified atom stereocenters. The maximum Gasteiger partial charge on any atom is 0.422 e. The van der Waals surface area contributed by atoms with Gasteiger partial charge in [0.15, 0.2) is 6.61 Å². The van der Waals surface area contributed by atoms with Gasteiger partial charge in [-0.2, -0.15) is 13.2 Å². The van der Waals surface area contributed by atoms with Gasteiger partial charge in [0.1, 0.15) is 29.0 Å². The van der Waals surface area contributed by atoms with Crippen molar-refractivity contribution in [3.05, 3.63) is 106 Å². The van der Waals surface area contributed by atoms with Crippen LogP contribution in [0.15, 0.2) is 66.7 Å². The molecule has 0 saturated carbocycles. The van der Waals surface area contributed by atoms with Crippen LogP contribution in [0.4, 0.5) is 26.3 Å². The van der Waals surface area contributed by atoms with E-state index in [1.54, 1.807) is 30.3 Å². The average molecular weight is 589 g/mol. The third-order valence-corrected chi connectivity index (χ3v) is 7.15. The lowest BCUT2D eigenvalue weighted by molar-refractivity contribution is -0.153. The molecule has 0 amide bonds. The fraction of sp³-hybridized carbons (Fsp3) is 0.353. The van der Waals surface area contributed by atoms with Crippen molar-refractivity contribution >= 4 is 10.8 Å². The minimum atomic E-state index is -4.40. The number of alkyl halides is 3. The highest BCUT2D eigenvalue weighted by molar-refractivity contribution is 5.84. The Hall–Kier alpha value is -3.68. The van der Waals surface area contributed by atoms with E-state index in [9.17, 15) is 22.0 Å². The van der Waals surface area contributed by atoms with E-state index in [1.165, 1.54) is 24.3 Å². The van der Waals surface area contributed by atoms with E-state index >= 15 is 4.39 Å². The molecule has 4 aromatic carbocycles. The number of halogens is 6. The summed E-state index contributed by atoms with van der Waals surface area (Å²) in [5, 5.41) is 1.14. The molecule has 4 rings (SSSR count). The first-order valence-corrected chi connectivity index (χ1v) is 14.2. The van der Waals surface area contributed by atoms with E-state index in [1.807, 2.05) is 12.1 Å². The molecule has 42 heavy (non-hydrogen) atoms. The lowest BCUT2D eigenvalue weighted by Gasteiger charge is -2.11. The molecule has 2 nitrogen and oxygen atoms in total. The predicted octanol–water partition coefficient (Wildman–Crippen LogP) is 9.73. The van der Waals surface area contributed by atoms with Gasteiger partial charge in [-0.15, -0.1) is 0 Å². The molecule has 0 aliphatic heterocycles. The summed E-state index contributed by atoms with van der Waals surface area (Å²) < 4.78 is 91.8. The highest BCUT2D eigenvalue weighted by Gasteiger charge is 2.28. The molecule has 0 spiro atoms. The standard InChI is InChI=1S/C34H34F6O2/c1-2-3-4-5-18-41-28-20-31(35)30(32(36)21-28)17-10-24-9-16-29-26(19-24)13-12-25(33(29)37)11-6-23-7-14-27(15-8-23)42-22-34(38,39)40/h7-9,12-16,19-21H,2-6,10-11,17-18,22H2,1H3. The number of unbranched alkanes of at least 4 members (excludes halogenated alkanes) is 3. The van der Waals surface area contributed by atoms with E-state index in [2.05, 4.69) is 6.92 Å². The minimum absolute atomic E-state index is 0.00472. The lowest BCUT2D eigenvalue weighted by Crippen LogP contribution is -2.19. The largest absolute Gasteiger partial charge is 0.493 e. The van der Waals surface area contributed by atoms with Crippen LogP contribution in [-0.4, -0.2) is 19.4 Å². The second-order valence-electron chi connectivity index (χ2n) is 10.4. The lowest BCUT2D eigenvalue weighted by atomic mass is 9.97. The van der Waals surface area contributed by atoms with Crippen molar-refractivity contribution in [2.45, 2.75) is 64.5 Å². The van der Waals surface area contributed by atoms with Crippen molar-refractivity contribution in [3.63, 3.8) is 0 Å². The molecule has 8 heteroatoms. The van der Waals surface area contributed by atoms with Gasteiger partial charge in [-0.05, 0) is 66.3 Å². The van der Waals surface area contributed by atoms with E-state index in [-0.39, 0.29) is 29.3 Å². The Morgan fingerprint density at radius 3 is 2.02 bits per heavy atom. The van der Waals surface area contributed by atoms with Crippen molar-refractivity contribution < 1.29 is 35.8 Å². The summed E-state index contributed by atoms with van der Waals surface area (Å²) in [6.07, 6.45) is 1.08. The molecule has 4 aromatic rings. The van der Waals surface area contributed by atoms with Crippen molar-refractivity contribution in [1.29, 1.82) is 0 Å². The van der Waals surface area contributed by atoms with Gasteiger partial charge in [-0.3, -0.25) is 0 Å². The molecular formula is C34H34F6O2. The Kier molecular flexibility index (Phi) is 10.8. The van der Waals surface area contributed by atoms with Crippen molar-refractivity contribution in [1.82, 2.24) is 0 Å². The Morgan fingerprint density at radius 2 is 1.33 bits per heavy atom. The minimum Gasteiger partial charge on any atom is -0.493 e. The van der Waals surface area contributed by atoms with Crippen LogP contribution < -0.4 is 9.47 Å². The van der Waals surface area contributed by atoms with Crippen molar-refractivity contribution in [2.24, 2.45) is 0 Å². The second kappa shape index (κ2) is 14.5. The van der Waals surface area contributed by atoms with Crippen LogP contribution in [0.3, 0.4) is 0 Å². The molecule has 0 radical (unpaired) electrons. The van der Waals surface area contributed by atoms with Crippen molar-refractivity contribution in [2.75, 3.05) is 13.2 Å². The number of fused-ring (bicyclic) bond motifs is 1. The average Bonchev–Trinajstić information content (AvgIpc) is 2.95. The van der Waals surface area contributed by atoms with E-state index < -0.39 is 24.4 Å². The normalized spacial score (nSPS) is 11.7. The molecule has 0 heterocycles. The van der Waals surface area contributed by atoms with E-state index in [0.29, 0.717) is 42.2 Å². The maximum atomic E-state index is 15.3. The summed E-state index contributed by atoms with van der Waals surface area (Å²) in [6, 6.07) is 17.5. The summed E-state index contributed by atoms with van der Waals surface area (Å²) in [6.45, 7) is 1.17. The quantitative estimate of drug-likeness (QED) is 0.108. The van der Waals surface area contributed by atoms with Crippen LogP contribution >= 0.6 is 0 Å². The Bertz CT molecular complexity index is 1440. The summed E-state index contributed by atoms with van der Waals surface area (Å²) >= 11 is 0. The Balaban J connectivity index is 1.34. The van der Waals surface area contributed by atoms with Gasteiger partial charge >= 0.3 is 6.18 Å². The van der Waals surface area contributed by atoms with Crippen LogP contribution in [0.25, 0.3) is 10.8 Å². The van der Waals surface area contributed by atoms with Gasteiger partial charge in [0.25, 0.3) is 0 Å². The fourth-order valence-corrected chi connectivity index (χ4v) is 4.82. The maximum absolute atomic E-state index is 15.3. The molecule has 0 N–H and O–H groups in total. The third kappa shape index (κ3) is 8.91.